The molecule has 1 unspecified atom stereocenters. The number of hydrogen-bond acceptors (Lipinski definition) is 4. The van der Waals surface area contributed by atoms with Gasteiger partial charge in [0, 0.05) is 13.0 Å². The lowest BCUT2D eigenvalue weighted by atomic mass is 10.3. The molecule has 0 heterocycles. The molecule has 0 fully saturated rings. The van der Waals surface area contributed by atoms with Gasteiger partial charge in [-0.2, -0.15) is 0 Å². The van der Waals surface area contributed by atoms with Crippen molar-refractivity contribution in [2.24, 2.45) is 0 Å². The van der Waals surface area contributed by atoms with E-state index < -0.39 is 6.16 Å². The molecule has 0 amide bonds. The van der Waals surface area contributed by atoms with Crippen molar-refractivity contribution in [1.29, 1.82) is 0 Å². The van der Waals surface area contributed by atoms with Crippen LogP contribution in [-0.2, 0) is 14.2 Å². The molecule has 0 aromatic rings. The second kappa shape index (κ2) is 9.77. The van der Waals surface area contributed by atoms with Crippen LogP contribution in [0.2, 0.25) is 0 Å². The number of carbonyl (C=O) groups is 1. The van der Waals surface area contributed by atoms with Crippen LogP contribution in [0.4, 0.5) is 4.79 Å². The lowest BCUT2D eigenvalue weighted by Gasteiger charge is -2.12. The van der Waals surface area contributed by atoms with Crippen LogP contribution in [0.1, 0.15) is 40.0 Å². The molecule has 0 radical (unpaired) electrons. The molecule has 0 rings (SSSR count). The Kier molecular flexibility index (Phi) is 9.27. The van der Waals surface area contributed by atoms with E-state index in [1.807, 2.05) is 6.92 Å². The zero-order valence-corrected chi connectivity index (χ0v) is 9.95. The van der Waals surface area contributed by atoms with E-state index in [9.17, 15) is 4.79 Å². The van der Waals surface area contributed by atoms with Gasteiger partial charge in [-0.15, -0.1) is 0 Å². The molecule has 15 heavy (non-hydrogen) atoms. The van der Waals surface area contributed by atoms with E-state index >= 15 is 0 Å². The Morgan fingerprint density at radius 2 is 1.93 bits per heavy atom. The highest BCUT2D eigenvalue weighted by atomic mass is 16.7. The third kappa shape index (κ3) is 9.53. The topological polar surface area (TPSA) is 44.8 Å². The van der Waals surface area contributed by atoms with Crippen molar-refractivity contribution in [2.45, 2.75) is 46.1 Å². The summed E-state index contributed by atoms with van der Waals surface area (Å²) in [5.41, 5.74) is 0. The molecule has 0 bridgehead atoms. The molecule has 0 aliphatic carbocycles. The Hall–Kier alpha value is -0.770. The first kappa shape index (κ1) is 14.2. The summed E-state index contributed by atoms with van der Waals surface area (Å²) in [6, 6.07) is 0. The highest BCUT2D eigenvalue weighted by molar-refractivity contribution is 5.59. The van der Waals surface area contributed by atoms with E-state index in [0.717, 1.165) is 19.4 Å². The minimum absolute atomic E-state index is 0.131. The number of ether oxygens (including phenoxy) is 3. The normalized spacial score (nSPS) is 12.2. The molecule has 0 spiro atoms. The smallest absolute Gasteiger partial charge is 0.435 e. The van der Waals surface area contributed by atoms with Gasteiger partial charge in [0.05, 0.1) is 19.3 Å². The molecule has 4 heteroatoms. The number of carbonyl (C=O) groups excluding carboxylic acids is 1. The predicted octanol–water partition coefficient (Wildman–Crippen LogP) is 2.75. The van der Waals surface area contributed by atoms with Gasteiger partial charge in [0.2, 0.25) is 0 Å². The van der Waals surface area contributed by atoms with Crippen molar-refractivity contribution in [3.8, 4) is 0 Å². The first-order valence-corrected chi connectivity index (χ1v) is 5.61. The Balaban J connectivity index is 3.30. The number of hydrogen-bond donors (Lipinski definition) is 0. The summed E-state index contributed by atoms with van der Waals surface area (Å²) in [7, 11) is 0. The molecular weight excluding hydrogens is 196 g/mol. The van der Waals surface area contributed by atoms with Crippen LogP contribution in [0, 0.1) is 0 Å². The third-order valence-corrected chi connectivity index (χ3v) is 1.91. The van der Waals surface area contributed by atoms with Crippen molar-refractivity contribution >= 4 is 6.16 Å². The maximum absolute atomic E-state index is 10.8. The molecule has 1 atom stereocenters. The lowest BCUT2D eigenvalue weighted by molar-refractivity contribution is 0.0234. The molecule has 0 N–H and O–H groups in total. The first-order valence-electron chi connectivity index (χ1n) is 5.61. The van der Waals surface area contributed by atoms with Crippen LogP contribution in [-0.4, -0.2) is 32.1 Å². The van der Waals surface area contributed by atoms with Gasteiger partial charge in [-0.05, 0) is 20.3 Å². The number of rotatable bonds is 8. The summed E-state index contributed by atoms with van der Waals surface area (Å²) in [6.45, 7) is 7.32. The fourth-order valence-electron chi connectivity index (χ4n) is 0.980. The quantitative estimate of drug-likeness (QED) is 0.464. The highest BCUT2D eigenvalue weighted by Gasteiger charge is 2.05. The van der Waals surface area contributed by atoms with Crippen LogP contribution in [0.25, 0.3) is 0 Å². The second-order valence-corrected chi connectivity index (χ2v) is 3.36. The van der Waals surface area contributed by atoms with E-state index in [1.54, 1.807) is 6.92 Å². The fourth-order valence-corrected chi connectivity index (χ4v) is 0.980. The zero-order valence-electron chi connectivity index (χ0n) is 9.95. The largest absolute Gasteiger partial charge is 0.508 e. The monoisotopic (exact) mass is 218 g/mol. The van der Waals surface area contributed by atoms with E-state index in [4.69, 9.17) is 9.47 Å². The second-order valence-electron chi connectivity index (χ2n) is 3.36. The van der Waals surface area contributed by atoms with E-state index in [1.165, 1.54) is 0 Å². The highest BCUT2D eigenvalue weighted by Crippen LogP contribution is 2.00. The van der Waals surface area contributed by atoms with Crippen molar-refractivity contribution < 1.29 is 19.0 Å². The minimum Gasteiger partial charge on any atom is -0.435 e. The summed E-state index contributed by atoms with van der Waals surface area (Å²) in [5, 5.41) is 0. The fraction of sp³-hybridized carbons (Fsp3) is 0.909. The lowest BCUT2D eigenvalue weighted by Crippen LogP contribution is -2.15. The SMILES string of the molecule is CCCCOC(C)CCOC(=O)OCC. The van der Waals surface area contributed by atoms with Gasteiger partial charge in [-0.1, -0.05) is 13.3 Å². The maximum Gasteiger partial charge on any atom is 0.508 e. The summed E-state index contributed by atoms with van der Waals surface area (Å²) in [5.74, 6) is 0. The molecule has 0 saturated carbocycles. The summed E-state index contributed by atoms with van der Waals surface area (Å²) in [6.07, 6.45) is 2.45. The van der Waals surface area contributed by atoms with Crippen LogP contribution in [0.3, 0.4) is 0 Å². The Morgan fingerprint density at radius 1 is 1.20 bits per heavy atom. The standard InChI is InChI=1S/C11H22O4/c1-4-6-8-14-10(3)7-9-15-11(12)13-5-2/h10H,4-9H2,1-3H3. The molecule has 0 aliphatic rings. The van der Waals surface area contributed by atoms with Crippen LogP contribution in [0.15, 0.2) is 0 Å². The van der Waals surface area contributed by atoms with Crippen molar-refractivity contribution in [2.75, 3.05) is 19.8 Å². The van der Waals surface area contributed by atoms with Crippen LogP contribution >= 0.6 is 0 Å². The maximum atomic E-state index is 10.8. The molecule has 0 aromatic carbocycles. The van der Waals surface area contributed by atoms with Gasteiger partial charge in [-0.25, -0.2) is 4.79 Å². The Morgan fingerprint density at radius 3 is 2.53 bits per heavy atom. The summed E-state index contributed by atoms with van der Waals surface area (Å²) >= 11 is 0. The Bertz CT molecular complexity index is 159. The minimum atomic E-state index is -0.599. The molecule has 4 nitrogen and oxygen atoms in total. The van der Waals surface area contributed by atoms with Crippen molar-refractivity contribution in [3.05, 3.63) is 0 Å². The molecule has 90 valence electrons. The zero-order chi connectivity index (χ0) is 11.5. The molecule has 0 saturated heterocycles. The predicted molar refractivity (Wildman–Crippen MR) is 57.9 cm³/mol. The molecule has 0 aromatic heterocycles. The van der Waals surface area contributed by atoms with Crippen molar-refractivity contribution in [3.63, 3.8) is 0 Å². The van der Waals surface area contributed by atoms with Gasteiger partial charge >= 0.3 is 6.16 Å². The average Bonchev–Trinajstić information content (AvgIpc) is 2.18. The average molecular weight is 218 g/mol. The van der Waals surface area contributed by atoms with E-state index in [2.05, 4.69) is 11.7 Å². The van der Waals surface area contributed by atoms with E-state index in [-0.39, 0.29) is 6.10 Å². The first-order chi connectivity index (χ1) is 7.20. The van der Waals surface area contributed by atoms with Gasteiger partial charge in [0.25, 0.3) is 0 Å². The molecule has 0 aliphatic heterocycles. The van der Waals surface area contributed by atoms with E-state index in [0.29, 0.717) is 19.6 Å². The van der Waals surface area contributed by atoms with Crippen LogP contribution < -0.4 is 0 Å². The molecular formula is C11H22O4. The van der Waals surface area contributed by atoms with Gasteiger partial charge in [0.1, 0.15) is 0 Å². The van der Waals surface area contributed by atoms with Gasteiger partial charge < -0.3 is 14.2 Å². The third-order valence-electron chi connectivity index (χ3n) is 1.91. The summed E-state index contributed by atoms with van der Waals surface area (Å²) < 4.78 is 14.9. The summed E-state index contributed by atoms with van der Waals surface area (Å²) in [4.78, 5) is 10.8. The van der Waals surface area contributed by atoms with Crippen LogP contribution in [0.5, 0.6) is 0 Å². The Labute approximate surface area is 91.9 Å². The van der Waals surface area contributed by atoms with Gasteiger partial charge in [-0.3, -0.25) is 0 Å². The van der Waals surface area contributed by atoms with Crippen molar-refractivity contribution in [1.82, 2.24) is 0 Å². The van der Waals surface area contributed by atoms with Gasteiger partial charge in [0.15, 0.2) is 0 Å². The number of unbranched alkanes of at least 4 members (excludes halogenated alkanes) is 1.